The average Bonchev–Trinajstić information content (AvgIpc) is 2.29. The van der Waals surface area contributed by atoms with Gasteiger partial charge in [0.05, 0.1) is 0 Å². The second kappa shape index (κ2) is 9.72. The van der Waals surface area contributed by atoms with Crippen LogP contribution in [0.25, 0.3) is 0 Å². The third kappa shape index (κ3) is 9.70. The predicted octanol–water partition coefficient (Wildman–Crippen LogP) is 5.72. The highest BCUT2D eigenvalue weighted by Crippen LogP contribution is 2.36. The van der Waals surface area contributed by atoms with Crippen LogP contribution < -0.4 is 0 Å². The Labute approximate surface area is 127 Å². The summed E-state index contributed by atoms with van der Waals surface area (Å²) in [5.41, 5.74) is 0. The quantitative estimate of drug-likeness (QED) is 0.360. The maximum atomic E-state index is 10.8. The third-order valence-electron chi connectivity index (χ3n) is 4.44. The number of unbranched alkanes of at least 4 members (excludes halogenated alkanes) is 6. The number of hydrogen-bond acceptors (Lipinski definition) is 2. The van der Waals surface area contributed by atoms with E-state index < -0.39 is 8.32 Å². The number of hydrogen-bond donors (Lipinski definition) is 0. The molecule has 0 aromatic rings. The first-order chi connectivity index (χ1) is 9.17. The molecule has 0 aliphatic heterocycles. The Morgan fingerprint density at radius 1 is 0.900 bits per heavy atom. The Morgan fingerprint density at radius 2 is 1.35 bits per heavy atom. The van der Waals surface area contributed by atoms with Gasteiger partial charge in [-0.25, -0.2) is 0 Å². The van der Waals surface area contributed by atoms with Crippen molar-refractivity contribution in [3.63, 3.8) is 0 Å². The van der Waals surface area contributed by atoms with Gasteiger partial charge in [0.25, 0.3) is 0 Å². The van der Waals surface area contributed by atoms with Crippen LogP contribution in [0.1, 0.15) is 79.1 Å². The van der Waals surface area contributed by atoms with E-state index in [1.807, 2.05) is 0 Å². The zero-order valence-electron chi connectivity index (χ0n) is 14.7. The van der Waals surface area contributed by atoms with Crippen LogP contribution in [0.5, 0.6) is 0 Å². The second-order valence-electron chi connectivity index (χ2n) is 7.54. The van der Waals surface area contributed by atoms with E-state index in [4.69, 9.17) is 4.43 Å². The molecule has 20 heavy (non-hydrogen) atoms. The highest BCUT2D eigenvalue weighted by atomic mass is 28.4. The second-order valence-corrected chi connectivity index (χ2v) is 12.3. The first kappa shape index (κ1) is 19.8. The van der Waals surface area contributed by atoms with Gasteiger partial charge in [-0.2, -0.15) is 0 Å². The third-order valence-corrected chi connectivity index (χ3v) is 8.98. The van der Waals surface area contributed by atoms with Crippen molar-refractivity contribution >= 4 is 14.1 Å². The van der Waals surface area contributed by atoms with Crippen LogP contribution in [0.4, 0.5) is 0 Å². The van der Waals surface area contributed by atoms with Crippen LogP contribution in [0.3, 0.4) is 0 Å². The molecule has 3 heteroatoms. The maximum absolute atomic E-state index is 10.8. The van der Waals surface area contributed by atoms with Gasteiger partial charge < -0.3 is 9.22 Å². The van der Waals surface area contributed by atoms with E-state index in [0.717, 1.165) is 19.4 Å². The van der Waals surface area contributed by atoms with E-state index in [-0.39, 0.29) is 0 Å². The van der Waals surface area contributed by atoms with Gasteiger partial charge in [0, 0.05) is 13.0 Å². The average molecular weight is 301 g/mol. The van der Waals surface area contributed by atoms with Crippen molar-refractivity contribution in [1.82, 2.24) is 0 Å². The van der Waals surface area contributed by atoms with Crippen LogP contribution in [-0.4, -0.2) is 20.7 Å². The van der Waals surface area contributed by atoms with E-state index in [9.17, 15) is 4.79 Å². The molecule has 0 rings (SSSR count). The van der Waals surface area contributed by atoms with Crippen LogP contribution in [0.2, 0.25) is 18.1 Å². The summed E-state index contributed by atoms with van der Waals surface area (Å²) in [4.78, 5) is 10.8. The fourth-order valence-electron chi connectivity index (χ4n) is 1.90. The Hall–Kier alpha value is -0.153. The summed E-state index contributed by atoms with van der Waals surface area (Å²) >= 11 is 0. The molecule has 2 nitrogen and oxygen atoms in total. The molecule has 0 radical (unpaired) electrons. The fraction of sp³-hybridized carbons (Fsp3) is 0.941. The van der Waals surface area contributed by atoms with E-state index in [1.165, 1.54) is 38.5 Å². The molecule has 0 unspecified atom stereocenters. The smallest absolute Gasteiger partial charge is 0.191 e. The lowest BCUT2D eigenvalue weighted by Gasteiger charge is -2.36. The van der Waals surface area contributed by atoms with Crippen LogP contribution in [-0.2, 0) is 9.22 Å². The molecular weight excluding hydrogens is 264 g/mol. The maximum Gasteiger partial charge on any atom is 0.191 e. The van der Waals surface area contributed by atoms with Crippen molar-refractivity contribution in [2.24, 2.45) is 0 Å². The van der Waals surface area contributed by atoms with Crippen molar-refractivity contribution in [2.45, 2.75) is 97.2 Å². The monoisotopic (exact) mass is 300 g/mol. The molecule has 0 aliphatic rings. The molecular formula is C17H36O2Si. The highest BCUT2D eigenvalue weighted by molar-refractivity contribution is 6.74. The van der Waals surface area contributed by atoms with Gasteiger partial charge in [-0.3, -0.25) is 0 Å². The van der Waals surface area contributed by atoms with Gasteiger partial charge >= 0.3 is 0 Å². The zero-order chi connectivity index (χ0) is 15.6. The Kier molecular flexibility index (Phi) is 9.65. The minimum absolute atomic E-state index is 0.323. The molecule has 0 heterocycles. The molecule has 0 bridgehead atoms. The number of ketones is 1. The lowest BCUT2D eigenvalue weighted by Crippen LogP contribution is -2.40. The number of carbonyl (C=O) groups is 1. The topological polar surface area (TPSA) is 26.3 Å². The minimum Gasteiger partial charge on any atom is -0.417 e. The molecule has 0 aromatic carbocycles. The normalized spacial score (nSPS) is 12.7. The van der Waals surface area contributed by atoms with Gasteiger partial charge in [0.1, 0.15) is 5.78 Å². The van der Waals surface area contributed by atoms with Crippen molar-refractivity contribution < 1.29 is 9.22 Å². The van der Waals surface area contributed by atoms with Crippen molar-refractivity contribution in [3.05, 3.63) is 0 Å². The van der Waals surface area contributed by atoms with Crippen molar-refractivity contribution in [1.29, 1.82) is 0 Å². The van der Waals surface area contributed by atoms with Gasteiger partial charge in [-0.15, -0.1) is 0 Å². The van der Waals surface area contributed by atoms with E-state index >= 15 is 0 Å². The standard InChI is InChI=1S/C17H36O2Si/c1-16(18)14-12-10-8-7-9-11-13-15-19-20(5,6)17(2,3)4/h7-15H2,1-6H3. The summed E-state index contributed by atoms with van der Waals surface area (Å²) in [6, 6.07) is 0. The lowest BCUT2D eigenvalue weighted by molar-refractivity contribution is -0.117. The summed E-state index contributed by atoms with van der Waals surface area (Å²) in [5.74, 6) is 0.327. The summed E-state index contributed by atoms with van der Waals surface area (Å²) < 4.78 is 6.17. The van der Waals surface area contributed by atoms with Gasteiger partial charge in [-0.1, -0.05) is 52.9 Å². The molecule has 0 aromatic heterocycles. The molecule has 0 spiro atoms. The summed E-state index contributed by atoms with van der Waals surface area (Å²) in [7, 11) is -1.53. The largest absolute Gasteiger partial charge is 0.417 e. The van der Waals surface area contributed by atoms with Crippen LogP contribution >= 0.6 is 0 Å². The first-order valence-electron chi connectivity index (χ1n) is 8.30. The minimum atomic E-state index is -1.53. The van der Waals surface area contributed by atoms with Gasteiger partial charge in [0.15, 0.2) is 8.32 Å². The molecule has 0 saturated carbocycles. The molecule has 0 atom stereocenters. The summed E-state index contributed by atoms with van der Waals surface area (Å²) in [6.45, 7) is 14.1. The lowest BCUT2D eigenvalue weighted by atomic mass is 10.1. The van der Waals surface area contributed by atoms with E-state index in [2.05, 4.69) is 33.9 Å². The molecule has 0 saturated heterocycles. The number of rotatable bonds is 11. The first-order valence-corrected chi connectivity index (χ1v) is 11.2. The number of carbonyl (C=O) groups excluding carboxylic acids is 1. The van der Waals surface area contributed by atoms with Crippen molar-refractivity contribution in [2.75, 3.05) is 6.61 Å². The Balaban J connectivity index is 3.39. The highest BCUT2D eigenvalue weighted by Gasteiger charge is 2.36. The van der Waals surface area contributed by atoms with E-state index in [1.54, 1.807) is 6.92 Å². The molecule has 0 aliphatic carbocycles. The Bertz CT molecular complexity index is 267. The molecule has 0 amide bonds. The SMILES string of the molecule is CC(=O)CCCCCCCCCO[Si](C)(C)C(C)(C)C. The molecule has 120 valence electrons. The number of Topliss-reactive ketones (excluding diaryl/α,β-unsaturated/α-hetero) is 1. The zero-order valence-corrected chi connectivity index (χ0v) is 15.7. The molecule has 0 N–H and O–H groups in total. The van der Waals surface area contributed by atoms with Gasteiger partial charge in [-0.05, 0) is 37.9 Å². The van der Waals surface area contributed by atoms with Crippen molar-refractivity contribution in [3.8, 4) is 0 Å². The van der Waals surface area contributed by atoms with Crippen LogP contribution in [0, 0.1) is 0 Å². The van der Waals surface area contributed by atoms with E-state index in [0.29, 0.717) is 10.8 Å². The predicted molar refractivity (Wildman–Crippen MR) is 90.8 cm³/mol. The van der Waals surface area contributed by atoms with Gasteiger partial charge in [0.2, 0.25) is 0 Å². The summed E-state index contributed by atoms with van der Waals surface area (Å²) in [6.07, 6.45) is 9.40. The fourth-order valence-corrected chi connectivity index (χ4v) is 2.99. The molecule has 0 fully saturated rings. The van der Waals surface area contributed by atoms with Crippen LogP contribution in [0.15, 0.2) is 0 Å². The summed E-state index contributed by atoms with van der Waals surface area (Å²) in [5, 5.41) is 0.323. The Morgan fingerprint density at radius 3 is 1.80 bits per heavy atom.